The average molecular weight is 432 g/mol. The van der Waals surface area contributed by atoms with Gasteiger partial charge in [-0.15, -0.1) is 0 Å². The Morgan fingerprint density at radius 3 is 2.25 bits per heavy atom. The van der Waals surface area contributed by atoms with E-state index in [0.717, 1.165) is 5.56 Å². The Hall–Kier alpha value is -3.84. The molecule has 0 fully saturated rings. The van der Waals surface area contributed by atoms with E-state index in [1.165, 1.54) is 19.1 Å². The van der Waals surface area contributed by atoms with Crippen LogP contribution in [0.5, 0.6) is 11.5 Å². The van der Waals surface area contributed by atoms with Crippen LogP contribution < -0.4 is 19.7 Å². The lowest BCUT2D eigenvalue weighted by molar-refractivity contribution is -0.133. The number of fused-ring (bicyclic) bond motifs is 1. The fraction of sp³-hybridized carbons (Fsp3) is 0.200. The minimum atomic E-state index is -1.86. The molecular formula is C25H24N2O5. The summed E-state index contributed by atoms with van der Waals surface area (Å²) < 4.78 is 10.5. The van der Waals surface area contributed by atoms with Gasteiger partial charge in [-0.3, -0.25) is 14.5 Å². The van der Waals surface area contributed by atoms with Gasteiger partial charge in [0.2, 0.25) is 5.91 Å². The zero-order chi connectivity index (χ0) is 22.9. The maximum absolute atomic E-state index is 13.4. The molecule has 1 aliphatic rings. The molecule has 4 rings (SSSR count). The van der Waals surface area contributed by atoms with E-state index < -0.39 is 17.4 Å². The molecule has 1 heterocycles. The summed E-state index contributed by atoms with van der Waals surface area (Å²) in [5.74, 6) is 0.0597. The van der Waals surface area contributed by atoms with Gasteiger partial charge in [-0.1, -0.05) is 48.0 Å². The normalized spacial score (nSPS) is 17.1. The molecule has 2 N–H and O–H groups in total. The van der Waals surface area contributed by atoms with Gasteiger partial charge in [-0.2, -0.15) is 0 Å². The van der Waals surface area contributed by atoms with E-state index in [9.17, 15) is 14.7 Å². The third-order valence-electron chi connectivity index (χ3n) is 5.55. The van der Waals surface area contributed by atoms with Crippen LogP contribution in [0.2, 0.25) is 0 Å². The molecule has 0 spiro atoms. The number of methoxy groups -OCH3 is 2. The van der Waals surface area contributed by atoms with E-state index in [1.807, 2.05) is 19.1 Å². The Bertz CT molecular complexity index is 1150. The summed E-state index contributed by atoms with van der Waals surface area (Å²) >= 11 is 0. The predicted molar refractivity (Wildman–Crippen MR) is 121 cm³/mol. The second-order valence-corrected chi connectivity index (χ2v) is 7.63. The Labute approximate surface area is 186 Å². The van der Waals surface area contributed by atoms with Crippen molar-refractivity contribution in [2.75, 3.05) is 31.0 Å². The number of carbonyl (C=O) groups excluding carboxylic acids is 2. The molecule has 2 amide bonds. The number of hydrogen-bond acceptors (Lipinski definition) is 5. The van der Waals surface area contributed by atoms with Gasteiger partial charge < -0.3 is 19.9 Å². The van der Waals surface area contributed by atoms with Crippen LogP contribution in [0.15, 0.2) is 66.7 Å². The fourth-order valence-corrected chi connectivity index (χ4v) is 3.89. The third-order valence-corrected chi connectivity index (χ3v) is 5.55. The Balaban J connectivity index is 1.63. The van der Waals surface area contributed by atoms with Gasteiger partial charge in [0.05, 0.1) is 19.9 Å². The highest BCUT2D eigenvalue weighted by Crippen LogP contribution is 2.44. The summed E-state index contributed by atoms with van der Waals surface area (Å²) in [5, 5.41) is 14.3. The average Bonchev–Trinajstić information content (AvgIpc) is 3.02. The third kappa shape index (κ3) is 3.67. The molecule has 1 atom stereocenters. The van der Waals surface area contributed by atoms with Gasteiger partial charge in [0, 0.05) is 29.4 Å². The number of aliphatic hydroxyl groups is 1. The molecular weight excluding hydrogens is 408 g/mol. The van der Waals surface area contributed by atoms with Crippen molar-refractivity contribution in [3.63, 3.8) is 0 Å². The largest absolute Gasteiger partial charge is 0.497 e. The number of rotatable bonds is 6. The van der Waals surface area contributed by atoms with E-state index in [-0.39, 0.29) is 6.54 Å². The summed E-state index contributed by atoms with van der Waals surface area (Å²) in [4.78, 5) is 27.6. The second-order valence-electron chi connectivity index (χ2n) is 7.63. The number of amides is 2. The van der Waals surface area contributed by atoms with Gasteiger partial charge in [0.15, 0.2) is 5.60 Å². The Kier molecular flexibility index (Phi) is 5.59. The lowest BCUT2D eigenvalue weighted by Gasteiger charge is -2.23. The van der Waals surface area contributed by atoms with Crippen LogP contribution in [-0.4, -0.2) is 37.7 Å². The van der Waals surface area contributed by atoms with Crippen LogP contribution in [0.1, 0.15) is 16.7 Å². The Morgan fingerprint density at radius 2 is 1.62 bits per heavy atom. The summed E-state index contributed by atoms with van der Waals surface area (Å²) in [6, 6.07) is 19.1. The maximum atomic E-state index is 13.4. The minimum Gasteiger partial charge on any atom is -0.497 e. The van der Waals surface area contributed by atoms with Crippen LogP contribution in [0.3, 0.4) is 0 Å². The molecule has 0 radical (unpaired) electrons. The number of anilines is 2. The molecule has 0 aromatic heterocycles. The SMILES string of the molecule is COc1cc(NC(=O)CN2C(=O)C(O)(c3ccc(C)cc3)c3ccccc32)cc(OC)c1. The number of aryl methyl sites for hydroxylation is 1. The van der Waals surface area contributed by atoms with Crippen molar-refractivity contribution in [3.05, 3.63) is 83.4 Å². The zero-order valence-electron chi connectivity index (χ0n) is 18.1. The van der Waals surface area contributed by atoms with Crippen LogP contribution in [0, 0.1) is 6.92 Å². The summed E-state index contributed by atoms with van der Waals surface area (Å²) in [7, 11) is 3.04. The van der Waals surface area contributed by atoms with E-state index in [4.69, 9.17) is 9.47 Å². The van der Waals surface area contributed by atoms with Gasteiger partial charge >= 0.3 is 0 Å². The number of benzene rings is 3. The van der Waals surface area contributed by atoms with Crippen molar-refractivity contribution in [2.45, 2.75) is 12.5 Å². The highest BCUT2D eigenvalue weighted by molar-refractivity contribution is 6.12. The number of carbonyl (C=O) groups is 2. The van der Waals surface area contributed by atoms with Crippen molar-refractivity contribution in [1.29, 1.82) is 0 Å². The van der Waals surface area contributed by atoms with Crippen LogP contribution in [0.25, 0.3) is 0 Å². The number of nitrogens with one attached hydrogen (secondary N) is 1. The first-order chi connectivity index (χ1) is 15.4. The number of hydrogen-bond donors (Lipinski definition) is 2. The number of ether oxygens (including phenoxy) is 2. The van der Waals surface area contributed by atoms with Crippen LogP contribution in [-0.2, 0) is 15.2 Å². The highest BCUT2D eigenvalue weighted by Gasteiger charge is 2.51. The van der Waals surface area contributed by atoms with Gasteiger partial charge in [-0.25, -0.2) is 0 Å². The molecule has 0 bridgehead atoms. The Morgan fingerprint density at radius 1 is 1.00 bits per heavy atom. The zero-order valence-corrected chi connectivity index (χ0v) is 18.1. The summed E-state index contributed by atoms with van der Waals surface area (Å²) in [5.41, 5.74) is 1.04. The lowest BCUT2D eigenvalue weighted by Crippen LogP contribution is -2.44. The molecule has 0 saturated carbocycles. The first-order valence-corrected chi connectivity index (χ1v) is 10.1. The molecule has 3 aromatic rings. The topological polar surface area (TPSA) is 88.1 Å². The summed E-state index contributed by atoms with van der Waals surface area (Å²) in [6.07, 6.45) is 0. The van der Waals surface area contributed by atoms with Gasteiger partial charge in [0.1, 0.15) is 18.0 Å². The maximum Gasteiger partial charge on any atom is 0.268 e. The standard InChI is InChI=1S/C25H24N2O5/c1-16-8-10-17(11-9-16)25(30)21-6-4-5-7-22(21)27(24(25)29)15-23(28)26-18-12-19(31-2)14-20(13-18)32-3/h4-14,30H,15H2,1-3H3,(H,26,28). The summed E-state index contributed by atoms with van der Waals surface area (Å²) in [6.45, 7) is 1.67. The van der Waals surface area contributed by atoms with Crippen molar-refractivity contribution in [2.24, 2.45) is 0 Å². The monoisotopic (exact) mass is 432 g/mol. The van der Waals surface area contributed by atoms with Gasteiger partial charge in [-0.05, 0) is 18.6 Å². The molecule has 7 nitrogen and oxygen atoms in total. The van der Waals surface area contributed by atoms with E-state index in [0.29, 0.717) is 34.0 Å². The number of para-hydroxylation sites is 1. The van der Waals surface area contributed by atoms with E-state index >= 15 is 0 Å². The lowest BCUT2D eigenvalue weighted by atomic mass is 9.87. The molecule has 32 heavy (non-hydrogen) atoms. The second kappa shape index (κ2) is 8.36. The predicted octanol–water partition coefficient (Wildman–Crippen LogP) is 3.23. The molecule has 7 heteroatoms. The smallest absolute Gasteiger partial charge is 0.268 e. The highest BCUT2D eigenvalue weighted by atomic mass is 16.5. The quantitative estimate of drug-likeness (QED) is 0.624. The molecule has 1 unspecified atom stereocenters. The van der Waals surface area contributed by atoms with Crippen LogP contribution in [0.4, 0.5) is 11.4 Å². The molecule has 164 valence electrons. The van der Waals surface area contributed by atoms with Crippen molar-refractivity contribution in [3.8, 4) is 11.5 Å². The first kappa shape index (κ1) is 21.4. The fourth-order valence-electron chi connectivity index (χ4n) is 3.89. The minimum absolute atomic E-state index is 0.260. The van der Waals surface area contributed by atoms with E-state index in [2.05, 4.69) is 5.32 Å². The first-order valence-electron chi connectivity index (χ1n) is 10.1. The van der Waals surface area contributed by atoms with Crippen LogP contribution >= 0.6 is 0 Å². The van der Waals surface area contributed by atoms with Crippen molar-refractivity contribution in [1.82, 2.24) is 0 Å². The van der Waals surface area contributed by atoms with Crippen molar-refractivity contribution >= 4 is 23.2 Å². The van der Waals surface area contributed by atoms with Gasteiger partial charge in [0.25, 0.3) is 5.91 Å². The molecule has 0 aliphatic carbocycles. The number of nitrogens with zero attached hydrogens (tertiary/aromatic N) is 1. The van der Waals surface area contributed by atoms with Crippen molar-refractivity contribution < 1.29 is 24.2 Å². The van der Waals surface area contributed by atoms with E-state index in [1.54, 1.807) is 54.6 Å². The molecule has 3 aromatic carbocycles. The molecule has 1 aliphatic heterocycles. The molecule has 0 saturated heterocycles.